The molecule has 1 heterocycles. The lowest BCUT2D eigenvalue weighted by Crippen LogP contribution is -2.29. The molecule has 1 aromatic rings. The van der Waals surface area contributed by atoms with Crippen LogP contribution in [0.2, 0.25) is 0 Å². The minimum absolute atomic E-state index is 0.350. The first-order chi connectivity index (χ1) is 7.02. The van der Waals surface area contributed by atoms with Gasteiger partial charge in [0, 0.05) is 13.8 Å². The molecule has 0 amide bonds. The molecule has 82 valence electrons. The van der Waals surface area contributed by atoms with Crippen LogP contribution in [0.5, 0.6) is 11.5 Å². The van der Waals surface area contributed by atoms with Crippen LogP contribution in [0.25, 0.3) is 0 Å². The molecule has 0 radical (unpaired) electrons. The molecular weight excluding hydrogens is 190 g/mol. The smallest absolute Gasteiger partial charge is 0.246 e. The van der Waals surface area contributed by atoms with Gasteiger partial charge in [0.2, 0.25) is 5.79 Å². The van der Waals surface area contributed by atoms with Gasteiger partial charge in [-0.15, -0.1) is 0 Å². The summed E-state index contributed by atoms with van der Waals surface area (Å²) in [5.41, 5.74) is 6.82. The van der Waals surface area contributed by atoms with E-state index in [2.05, 4.69) is 6.92 Å². The predicted molar refractivity (Wildman–Crippen MR) is 59.2 cm³/mol. The van der Waals surface area contributed by atoms with E-state index in [9.17, 15) is 0 Å². The normalized spacial score (nSPS) is 18.9. The third-order valence-corrected chi connectivity index (χ3v) is 2.60. The second-order valence-corrected chi connectivity index (χ2v) is 4.45. The first-order valence-corrected chi connectivity index (χ1v) is 5.24. The van der Waals surface area contributed by atoms with E-state index in [0.29, 0.717) is 12.5 Å². The molecule has 0 saturated heterocycles. The second kappa shape index (κ2) is 3.42. The molecule has 1 unspecified atom stereocenters. The first-order valence-electron chi connectivity index (χ1n) is 5.24. The number of hydrogen-bond acceptors (Lipinski definition) is 3. The zero-order valence-corrected chi connectivity index (χ0v) is 9.41. The SMILES string of the molecule is CC(CN)c1ccc2c(c1)OC(C)(C)O2. The molecule has 0 aliphatic carbocycles. The average Bonchev–Trinajstić information content (AvgIpc) is 2.49. The van der Waals surface area contributed by atoms with E-state index in [1.54, 1.807) is 0 Å². The number of hydrogen-bond donors (Lipinski definition) is 1. The lowest BCUT2D eigenvalue weighted by Gasteiger charge is -2.16. The summed E-state index contributed by atoms with van der Waals surface area (Å²) in [6.07, 6.45) is 0. The minimum Gasteiger partial charge on any atom is -0.449 e. The fourth-order valence-corrected chi connectivity index (χ4v) is 1.68. The van der Waals surface area contributed by atoms with Crippen LogP contribution in [0.15, 0.2) is 18.2 Å². The van der Waals surface area contributed by atoms with Crippen LogP contribution in [-0.4, -0.2) is 12.3 Å². The number of benzene rings is 1. The summed E-state index contributed by atoms with van der Waals surface area (Å²) < 4.78 is 11.3. The Balaban J connectivity index is 2.30. The molecule has 0 bridgehead atoms. The van der Waals surface area contributed by atoms with Gasteiger partial charge in [-0.1, -0.05) is 13.0 Å². The van der Waals surface area contributed by atoms with Crippen molar-refractivity contribution in [3.8, 4) is 11.5 Å². The maximum Gasteiger partial charge on any atom is 0.246 e. The largest absolute Gasteiger partial charge is 0.449 e. The highest BCUT2D eigenvalue weighted by Gasteiger charge is 2.31. The number of nitrogens with two attached hydrogens (primary N) is 1. The van der Waals surface area contributed by atoms with Gasteiger partial charge >= 0.3 is 0 Å². The van der Waals surface area contributed by atoms with Crippen molar-refractivity contribution >= 4 is 0 Å². The van der Waals surface area contributed by atoms with E-state index >= 15 is 0 Å². The topological polar surface area (TPSA) is 44.5 Å². The Morgan fingerprint density at radius 1 is 1.27 bits per heavy atom. The van der Waals surface area contributed by atoms with Gasteiger partial charge in [-0.3, -0.25) is 0 Å². The molecule has 1 aromatic carbocycles. The lowest BCUT2D eigenvalue weighted by molar-refractivity contribution is -0.0431. The molecule has 2 rings (SSSR count). The molecule has 0 saturated carbocycles. The Labute approximate surface area is 90.2 Å². The molecule has 0 aromatic heterocycles. The van der Waals surface area contributed by atoms with E-state index < -0.39 is 5.79 Å². The number of ether oxygens (including phenoxy) is 2. The Bertz CT molecular complexity index is 374. The average molecular weight is 207 g/mol. The van der Waals surface area contributed by atoms with Crippen LogP contribution in [0, 0.1) is 0 Å². The summed E-state index contributed by atoms with van der Waals surface area (Å²) in [7, 11) is 0. The lowest BCUT2D eigenvalue weighted by atomic mass is 10.0. The monoisotopic (exact) mass is 207 g/mol. The van der Waals surface area contributed by atoms with Crippen molar-refractivity contribution in [3.63, 3.8) is 0 Å². The van der Waals surface area contributed by atoms with Crippen LogP contribution in [0.4, 0.5) is 0 Å². The standard InChI is InChI=1S/C12H17NO2/c1-8(7-13)9-4-5-10-11(6-9)15-12(2,3)14-10/h4-6,8H,7,13H2,1-3H3. The zero-order valence-electron chi connectivity index (χ0n) is 9.41. The molecular formula is C12H17NO2. The predicted octanol–water partition coefficient (Wildman–Crippen LogP) is 2.26. The van der Waals surface area contributed by atoms with Gasteiger partial charge in [-0.25, -0.2) is 0 Å². The van der Waals surface area contributed by atoms with Crippen molar-refractivity contribution in [2.75, 3.05) is 6.54 Å². The van der Waals surface area contributed by atoms with Crippen LogP contribution in [0.1, 0.15) is 32.3 Å². The summed E-state index contributed by atoms with van der Waals surface area (Å²) in [5.74, 6) is 1.43. The van der Waals surface area contributed by atoms with Crippen molar-refractivity contribution in [2.24, 2.45) is 5.73 Å². The molecule has 1 aliphatic rings. The van der Waals surface area contributed by atoms with Crippen molar-refractivity contribution in [1.29, 1.82) is 0 Å². The molecule has 3 heteroatoms. The summed E-state index contributed by atoms with van der Waals surface area (Å²) in [5, 5.41) is 0. The van der Waals surface area contributed by atoms with Crippen molar-refractivity contribution in [1.82, 2.24) is 0 Å². The highest BCUT2D eigenvalue weighted by atomic mass is 16.7. The fraction of sp³-hybridized carbons (Fsp3) is 0.500. The maximum atomic E-state index is 5.67. The number of rotatable bonds is 2. The summed E-state index contributed by atoms with van der Waals surface area (Å²) in [6.45, 7) is 6.55. The molecule has 1 atom stereocenters. The van der Waals surface area contributed by atoms with Crippen molar-refractivity contribution < 1.29 is 9.47 Å². The van der Waals surface area contributed by atoms with E-state index in [0.717, 1.165) is 11.5 Å². The van der Waals surface area contributed by atoms with Gasteiger partial charge in [0.15, 0.2) is 11.5 Å². The highest BCUT2D eigenvalue weighted by molar-refractivity contribution is 5.46. The fourth-order valence-electron chi connectivity index (χ4n) is 1.68. The number of fused-ring (bicyclic) bond motifs is 1. The van der Waals surface area contributed by atoms with Crippen molar-refractivity contribution in [3.05, 3.63) is 23.8 Å². The second-order valence-electron chi connectivity index (χ2n) is 4.45. The zero-order chi connectivity index (χ0) is 11.1. The van der Waals surface area contributed by atoms with Gasteiger partial charge in [-0.2, -0.15) is 0 Å². The van der Waals surface area contributed by atoms with Crippen LogP contribution in [-0.2, 0) is 0 Å². The minimum atomic E-state index is -0.549. The molecule has 0 fully saturated rings. The van der Waals surface area contributed by atoms with E-state index in [1.165, 1.54) is 5.56 Å². The van der Waals surface area contributed by atoms with E-state index in [4.69, 9.17) is 15.2 Å². The summed E-state index contributed by atoms with van der Waals surface area (Å²) in [6, 6.07) is 6.01. The van der Waals surface area contributed by atoms with Gasteiger partial charge in [0.05, 0.1) is 0 Å². The third kappa shape index (κ3) is 1.92. The first kappa shape index (κ1) is 10.3. The van der Waals surface area contributed by atoms with Gasteiger partial charge in [-0.05, 0) is 30.2 Å². The Morgan fingerprint density at radius 3 is 2.60 bits per heavy atom. The van der Waals surface area contributed by atoms with Crippen LogP contribution < -0.4 is 15.2 Å². The summed E-state index contributed by atoms with van der Waals surface area (Å²) in [4.78, 5) is 0. The van der Waals surface area contributed by atoms with Crippen molar-refractivity contribution in [2.45, 2.75) is 32.5 Å². The van der Waals surface area contributed by atoms with E-state index in [-0.39, 0.29) is 0 Å². The summed E-state index contributed by atoms with van der Waals surface area (Å²) >= 11 is 0. The molecule has 3 nitrogen and oxygen atoms in total. The highest BCUT2D eigenvalue weighted by Crippen LogP contribution is 2.40. The Morgan fingerprint density at radius 2 is 1.93 bits per heavy atom. The molecule has 1 aliphatic heterocycles. The Kier molecular flexibility index (Phi) is 2.35. The van der Waals surface area contributed by atoms with Gasteiger partial charge in [0.25, 0.3) is 0 Å². The third-order valence-electron chi connectivity index (χ3n) is 2.60. The molecule has 15 heavy (non-hydrogen) atoms. The van der Waals surface area contributed by atoms with Crippen LogP contribution >= 0.6 is 0 Å². The Hall–Kier alpha value is -1.22. The maximum absolute atomic E-state index is 5.67. The molecule has 2 N–H and O–H groups in total. The van der Waals surface area contributed by atoms with Gasteiger partial charge in [0.1, 0.15) is 0 Å². The quantitative estimate of drug-likeness (QED) is 0.809. The van der Waals surface area contributed by atoms with E-state index in [1.807, 2.05) is 32.0 Å². The molecule has 0 spiro atoms. The van der Waals surface area contributed by atoms with Gasteiger partial charge < -0.3 is 15.2 Å². The van der Waals surface area contributed by atoms with Crippen LogP contribution in [0.3, 0.4) is 0 Å².